The SMILES string of the molecule is CCC(C)c1nc(C)c2c(Oc3cc(OC)c(OC)c(OC)c3)nc(-c3ccc(OC)c(Cl)c3)nn12. The van der Waals surface area contributed by atoms with E-state index in [0.717, 1.165) is 17.9 Å². The number of rotatable bonds is 9. The van der Waals surface area contributed by atoms with Crippen LogP contribution in [0.1, 0.15) is 37.7 Å². The second kappa shape index (κ2) is 10.5. The van der Waals surface area contributed by atoms with Crippen LogP contribution in [-0.2, 0) is 0 Å². The van der Waals surface area contributed by atoms with Crippen LogP contribution in [0.5, 0.6) is 34.6 Å². The molecule has 0 saturated heterocycles. The van der Waals surface area contributed by atoms with Crippen molar-refractivity contribution >= 4 is 17.1 Å². The molecule has 10 heteroatoms. The molecule has 0 fully saturated rings. The number of hydrogen-bond donors (Lipinski definition) is 0. The minimum absolute atomic E-state index is 0.169. The molecule has 0 bridgehead atoms. The van der Waals surface area contributed by atoms with E-state index in [-0.39, 0.29) is 5.92 Å². The molecule has 2 aromatic carbocycles. The molecule has 0 spiro atoms. The second-order valence-electron chi connectivity index (χ2n) is 8.18. The Balaban J connectivity index is 1.93. The molecular weight excluding hydrogens is 484 g/mol. The number of nitrogens with zero attached hydrogens (tertiary/aromatic N) is 4. The average molecular weight is 513 g/mol. The maximum Gasteiger partial charge on any atom is 0.249 e. The summed E-state index contributed by atoms with van der Waals surface area (Å²) >= 11 is 6.40. The van der Waals surface area contributed by atoms with Crippen molar-refractivity contribution in [3.63, 3.8) is 0 Å². The van der Waals surface area contributed by atoms with Crippen LogP contribution < -0.4 is 23.7 Å². The van der Waals surface area contributed by atoms with Gasteiger partial charge in [-0.2, -0.15) is 4.98 Å². The van der Waals surface area contributed by atoms with E-state index < -0.39 is 0 Å². The minimum atomic E-state index is 0.169. The van der Waals surface area contributed by atoms with Gasteiger partial charge in [0.15, 0.2) is 22.8 Å². The Morgan fingerprint density at radius 3 is 2.14 bits per heavy atom. The summed E-state index contributed by atoms with van der Waals surface area (Å²) < 4.78 is 29.8. The highest BCUT2D eigenvalue weighted by Gasteiger charge is 2.23. The molecule has 2 heterocycles. The van der Waals surface area contributed by atoms with Gasteiger partial charge < -0.3 is 23.7 Å². The molecule has 36 heavy (non-hydrogen) atoms. The van der Waals surface area contributed by atoms with Gasteiger partial charge in [0.05, 0.1) is 39.2 Å². The molecule has 0 saturated carbocycles. The first-order valence-electron chi connectivity index (χ1n) is 11.4. The summed E-state index contributed by atoms with van der Waals surface area (Å²) in [5, 5.41) is 5.28. The van der Waals surface area contributed by atoms with Crippen LogP contribution in [0.2, 0.25) is 5.02 Å². The third-order valence-corrected chi connectivity index (χ3v) is 6.27. The highest BCUT2D eigenvalue weighted by Crippen LogP contribution is 2.42. The van der Waals surface area contributed by atoms with E-state index >= 15 is 0 Å². The van der Waals surface area contributed by atoms with E-state index in [9.17, 15) is 0 Å². The number of halogens is 1. The molecule has 4 aromatic rings. The number of methoxy groups -OCH3 is 4. The molecule has 4 rings (SSSR count). The topological polar surface area (TPSA) is 89.2 Å². The molecule has 0 aliphatic rings. The number of benzene rings is 2. The van der Waals surface area contributed by atoms with Crippen molar-refractivity contribution < 1.29 is 23.7 Å². The minimum Gasteiger partial charge on any atom is -0.495 e. The lowest BCUT2D eigenvalue weighted by molar-refractivity contribution is 0.320. The summed E-state index contributed by atoms with van der Waals surface area (Å²) in [6, 6.07) is 8.81. The van der Waals surface area contributed by atoms with Gasteiger partial charge in [0, 0.05) is 23.6 Å². The standard InChI is InChI=1S/C26H29ClN4O5/c1-8-14(2)25-28-15(3)22-26(36-17-12-20(33-5)23(35-7)21(13-17)34-6)29-24(30-31(22)25)16-9-10-19(32-4)18(27)11-16/h9-14H,8H2,1-7H3. The summed E-state index contributed by atoms with van der Waals surface area (Å²) in [4.78, 5) is 9.57. The van der Waals surface area contributed by atoms with E-state index in [1.807, 2.05) is 13.0 Å². The van der Waals surface area contributed by atoms with Gasteiger partial charge in [-0.15, -0.1) is 5.10 Å². The molecule has 1 atom stereocenters. The van der Waals surface area contributed by atoms with E-state index in [1.54, 1.807) is 57.2 Å². The zero-order chi connectivity index (χ0) is 26.0. The number of hydrogen-bond acceptors (Lipinski definition) is 8. The van der Waals surface area contributed by atoms with Crippen LogP contribution in [0, 0.1) is 6.92 Å². The zero-order valence-corrected chi connectivity index (χ0v) is 22.1. The van der Waals surface area contributed by atoms with Crippen molar-refractivity contribution in [3.05, 3.63) is 46.9 Å². The Morgan fingerprint density at radius 2 is 1.58 bits per heavy atom. The molecule has 0 aliphatic carbocycles. The Kier molecular flexibility index (Phi) is 7.40. The first-order chi connectivity index (χ1) is 17.3. The Hall–Kier alpha value is -3.72. The molecule has 0 amide bonds. The number of ether oxygens (including phenoxy) is 5. The van der Waals surface area contributed by atoms with Crippen LogP contribution in [0.15, 0.2) is 30.3 Å². The lowest BCUT2D eigenvalue weighted by atomic mass is 10.1. The molecule has 2 aromatic heterocycles. The average Bonchev–Trinajstić information content (AvgIpc) is 3.23. The van der Waals surface area contributed by atoms with E-state index in [1.165, 1.54) is 0 Å². The van der Waals surface area contributed by atoms with Crippen LogP contribution >= 0.6 is 11.6 Å². The lowest BCUT2D eigenvalue weighted by Crippen LogP contribution is -2.07. The van der Waals surface area contributed by atoms with Gasteiger partial charge in [0.25, 0.3) is 0 Å². The molecule has 1 unspecified atom stereocenters. The lowest BCUT2D eigenvalue weighted by Gasteiger charge is -2.15. The van der Waals surface area contributed by atoms with Crippen molar-refractivity contribution in [1.29, 1.82) is 0 Å². The van der Waals surface area contributed by atoms with Crippen molar-refractivity contribution in [3.8, 4) is 46.0 Å². The van der Waals surface area contributed by atoms with Crippen LogP contribution in [0.25, 0.3) is 16.9 Å². The van der Waals surface area contributed by atoms with Gasteiger partial charge in [-0.05, 0) is 31.5 Å². The first-order valence-corrected chi connectivity index (χ1v) is 11.8. The maximum atomic E-state index is 6.40. The summed E-state index contributed by atoms with van der Waals surface area (Å²) in [6.07, 6.45) is 0.898. The molecule has 0 radical (unpaired) electrons. The molecule has 0 N–H and O–H groups in total. The second-order valence-corrected chi connectivity index (χ2v) is 8.59. The summed E-state index contributed by atoms with van der Waals surface area (Å²) in [5.74, 6) is 4.16. The third kappa shape index (κ3) is 4.58. The summed E-state index contributed by atoms with van der Waals surface area (Å²) in [7, 11) is 6.22. The van der Waals surface area contributed by atoms with Gasteiger partial charge in [-0.1, -0.05) is 25.4 Å². The summed E-state index contributed by atoms with van der Waals surface area (Å²) in [6.45, 7) is 6.14. The monoisotopic (exact) mass is 512 g/mol. The largest absolute Gasteiger partial charge is 0.495 e. The van der Waals surface area contributed by atoms with Gasteiger partial charge in [0.2, 0.25) is 11.6 Å². The summed E-state index contributed by atoms with van der Waals surface area (Å²) in [5.41, 5.74) is 2.13. The van der Waals surface area contributed by atoms with Crippen molar-refractivity contribution in [2.75, 3.05) is 28.4 Å². The molecule has 190 valence electrons. The number of aromatic nitrogens is 4. The van der Waals surface area contributed by atoms with Crippen LogP contribution in [0.4, 0.5) is 0 Å². The predicted octanol–water partition coefficient (Wildman–Crippen LogP) is 6.09. The fourth-order valence-electron chi connectivity index (χ4n) is 3.88. The Labute approximate surface area is 214 Å². The van der Waals surface area contributed by atoms with Crippen molar-refractivity contribution in [2.24, 2.45) is 0 Å². The Morgan fingerprint density at radius 1 is 0.917 bits per heavy atom. The quantitative estimate of drug-likeness (QED) is 0.266. The van der Waals surface area contributed by atoms with Crippen LogP contribution in [-0.4, -0.2) is 48.0 Å². The molecule has 9 nitrogen and oxygen atoms in total. The van der Waals surface area contributed by atoms with Gasteiger partial charge in [-0.25, -0.2) is 9.50 Å². The van der Waals surface area contributed by atoms with E-state index in [4.69, 9.17) is 50.4 Å². The number of imidazole rings is 1. The van der Waals surface area contributed by atoms with Crippen molar-refractivity contribution in [1.82, 2.24) is 19.6 Å². The Bertz CT molecular complexity index is 1380. The highest BCUT2D eigenvalue weighted by molar-refractivity contribution is 6.32. The van der Waals surface area contributed by atoms with Gasteiger partial charge in [-0.3, -0.25) is 0 Å². The maximum absolute atomic E-state index is 6.40. The zero-order valence-electron chi connectivity index (χ0n) is 21.4. The van der Waals surface area contributed by atoms with Gasteiger partial charge >= 0.3 is 0 Å². The fourth-order valence-corrected chi connectivity index (χ4v) is 4.14. The number of fused-ring (bicyclic) bond motifs is 1. The third-order valence-electron chi connectivity index (χ3n) is 5.97. The van der Waals surface area contributed by atoms with Gasteiger partial charge in [0.1, 0.15) is 17.3 Å². The van der Waals surface area contributed by atoms with E-state index in [2.05, 4.69) is 13.8 Å². The molecule has 0 aliphatic heterocycles. The first kappa shape index (κ1) is 25.4. The fraction of sp³-hybridized carbons (Fsp3) is 0.346. The highest BCUT2D eigenvalue weighted by atomic mass is 35.5. The normalized spacial score (nSPS) is 11.9. The van der Waals surface area contributed by atoms with Crippen LogP contribution in [0.3, 0.4) is 0 Å². The van der Waals surface area contributed by atoms with Crippen molar-refractivity contribution in [2.45, 2.75) is 33.1 Å². The smallest absolute Gasteiger partial charge is 0.249 e. The van der Waals surface area contributed by atoms with E-state index in [0.29, 0.717) is 56.6 Å². The predicted molar refractivity (Wildman–Crippen MR) is 137 cm³/mol. The molecular formula is C26H29ClN4O5. The number of aryl methyl sites for hydroxylation is 1.